The van der Waals surface area contributed by atoms with Crippen LogP contribution in [0.25, 0.3) is 105 Å². The van der Waals surface area contributed by atoms with Gasteiger partial charge in [-0.1, -0.05) is 103 Å². The van der Waals surface area contributed by atoms with Gasteiger partial charge in [0.2, 0.25) is 0 Å². The summed E-state index contributed by atoms with van der Waals surface area (Å²) in [7, 11) is 0. The molecule has 0 radical (unpaired) electrons. The maximum atomic E-state index is 5.33. The molecule has 6 aromatic carbocycles. The summed E-state index contributed by atoms with van der Waals surface area (Å²) in [6, 6.07) is 62.3. The molecule has 0 aliphatic carbocycles. The number of hydrogen-bond donors (Lipinski definition) is 0. The Labute approximate surface area is 329 Å². The van der Waals surface area contributed by atoms with Crippen LogP contribution in [0.5, 0.6) is 0 Å². The van der Waals surface area contributed by atoms with Gasteiger partial charge < -0.3 is 4.57 Å². The van der Waals surface area contributed by atoms with E-state index in [0.29, 0.717) is 0 Å². The average molecular weight is 728 g/mol. The topological polar surface area (TPSA) is 56.5 Å². The maximum Gasteiger partial charge on any atom is 0.0788 e. The fourth-order valence-corrected chi connectivity index (χ4v) is 8.30. The van der Waals surface area contributed by atoms with Gasteiger partial charge >= 0.3 is 0 Å². The van der Waals surface area contributed by atoms with Crippen LogP contribution in [0.1, 0.15) is 0 Å². The van der Waals surface area contributed by atoms with Crippen LogP contribution in [0.4, 0.5) is 0 Å². The maximum absolute atomic E-state index is 5.33. The van der Waals surface area contributed by atoms with E-state index in [0.717, 1.165) is 78.0 Å². The summed E-state index contributed by atoms with van der Waals surface area (Å²) >= 11 is 0. The van der Waals surface area contributed by atoms with E-state index in [9.17, 15) is 0 Å². The van der Waals surface area contributed by atoms with E-state index in [2.05, 4.69) is 166 Å². The third-order valence-electron chi connectivity index (χ3n) is 10.9. The summed E-state index contributed by atoms with van der Waals surface area (Å²) in [5, 5.41) is 5.99. The fraction of sp³-hybridized carbons (Fsp3) is 0. The molecule has 57 heavy (non-hydrogen) atoms. The summed E-state index contributed by atoms with van der Waals surface area (Å²) in [4.78, 5) is 19.1. The molecule has 11 rings (SSSR count). The summed E-state index contributed by atoms with van der Waals surface area (Å²) in [5.74, 6) is 0. The number of fused-ring (bicyclic) bond motifs is 7. The molecule has 0 spiro atoms. The molecule has 0 aliphatic heterocycles. The Kier molecular flexibility index (Phi) is 7.74. The second kappa shape index (κ2) is 13.5. The van der Waals surface area contributed by atoms with Gasteiger partial charge in [0.05, 0.1) is 33.6 Å². The number of nitrogens with zero attached hydrogens (tertiary/aromatic N) is 5. The van der Waals surface area contributed by atoms with Gasteiger partial charge in [-0.25, -0.2) is 9.97 Å². The molecular weight excluding hydrogens is 695 g/mol. The lowest BCUT2D eigenvalue weighted by Gasteiger charge is -2.13. The van der Waals surface area contributed by atoms with Crippen LogP contribution in [0.15, 0.2) is 201 Å². The van der Waals surface area contributed by atoms with Crippen LogP contribution in [0, 0.1) is 0 Å². The molecule has 0 atom stereocenters. The minimum Gasteiger partial charge on any atom is -0.309 e. The van der Waals surface area contributed by atoms with Crippen molar-refractivity contribution in [3.05, 3.63) is 201 Å². The summed E-state index contributed by atoms with van der Waals surface area (Å²) in [6.07, 6.45) is 7.28. The normalized spacial score (nSPS) is 11.5. The van der Waals surface area contributed by atoms with Gasteiger partial charge in [-0.15, -0.1) is 0 Å². The molecule has 11 aromatic rings. The van der Waals surface area contributed by atoms with Crippen molar-refractivity contribution in [2.75, 3.05) is 0 Å². The van der Waals surface area contributed by atoms with Gasteiger partial charge in [-0.05, 0) is 95.1 Å². The highest BCUT2D eigenvalue weighted by atomic mass is 15.0. The van der Waals surface area contributed by atoms with E-state index in [1.54, 1.807) is 12.4 Å². The van der Waals surface area contributed by atoms with Crippen LogP contribution in [0.2, 0.25) is 0 Å². The molecule has 0 N–H and O–H groups in total. The second-order valence-electron chi connectivity index (χ2n) is 14.3. The van der Waals surface area contributed by atoms with Gasteiger partial charge in [0.25, 0.3) is 0 Å². The predicted molar refractivity (Wildman–Crippen MR) is 234 cm³/mol. The summed E-state index contributed by atoms with van der Waals surface area (Å²) in [5.41, 5.74) is 14.7. The zero-order valence-corrected chi connectivity index (χ0v) is 30.8. The van der Waals surface area contributed by atoms with Crippen LogP contribution in [-0.2, 0) is 0 Å². The molecule has 266 valence electrons. The van der Waals surface area contributed by atoms with Crippen LogP contribution >= 0.6 is 0 Å². The number of para-hydroxylation sites is 3. The molecule has 0 bridgehead atoms. The van der Waals surface area contributed by atoms with E-state index < -0.39 is 0 Å². The number of hydrogen-bond acceptors (Lipinski definition) is 4. The lowest BCUT2D eigenvalue weighted by Crippen LogP contribution is -1.94. The fourth-order valence-electron chi connectivity index (χ4n) is 8.30. The Morgan fingerprint density at radius 2 is 0.982 bits per heavy atom. The highest BCUT2D eigenvalue weighted by molar-refractivity contribution is 6.29. The predicted octanol–water partition coefficient (Wildman–Crippen LogP) is 13.0. The van der Waals surface area contributed by atoms with Gasteiger partial charge in [-0.2, -0.15) is 0 Å². The smallest absolute Gasteiger partial charge is 0.0788 e. The SMILES string of the molecule is c1ccc(-n2c3ccccc3c3c4c(ccc32)c(-c2ccc(-c3cccc(-c5cc(-c6cccnc6)nc(-c6cccnc6)c5)c3)cc2)nc2ccccc24)cc1. The molecule has 5 aromatic heterocycles. The van der Waals surface area contributed by atoms with Gasteiger partial charge in [0.1, 0.15) is 0 Å². The van der Waals surface area contributed by atoms with Crippen LogP contribution < -0.4 is 0 Å². The highest BCUT2D eigenvalue weighted by Gasteiger charge is 2.19. The average Bonchev–Trinajstić information content (AvgIpc) is 3.64. The molecule has 5 heterocycles. The Hall–Kier alpha value is -7.76. The zero-order valence-electron chi connectivity index (χ0n) is 30.8. The lowest BCUT2D eigenvalue weighted by molar-refractivity contribution is 1.18. The Balaban J connectivity index is 1.03. The van der Waals surface area contributed by atoms with Crippen molar-refractivity contribution in [2.24, 2.45) is 0 Å². The Bertz CT molecular complexity index is 3210. The molecule has 5 nitrogen and oxygen atoms in total. The molecule has 5 heteroatoms. The van der Waals surface area contributed by atoms with Gasteiger partial charge in [-0.3, -0.25) is 9.97 Å². The molecule has 0 amide bonds. The van der Waals surface area contributed by atoms with E-state index >= 15 is 0 Å². The number of pyridine rings is 4. The first-order chi connectivity index (χ1) is 28.3. The van der Waals surface area contributed by atoms with Crippen molar-refractivity contribution in [2.45, 2.75) is 0 Å². The molecule has 0 saturated carbocycles. The van der Waals surface area contributed by atoms with E-state index in [-0.39, 0.29) is 0 Å². The standard InChI is InChI=1S/C52H33N5/c1-2-15-41(16-3-1)57-48-20-7-5-18-43(48)51-49(57)26-25-44-50(51)42-17-4-6-19-45(42)56-52(44)35-23-21-34(22-24-35)36-11-8-12-37(29-36)40-30-46(38-13-9-27-53-32-38)55-47(31-40)39-14-10-28-54-33-39/h1-33H. The lowest BCUT2D eigenvalue weighted by atomic mass is 9.94. The molecule has 0 saturated heterocycles. The van der Waals surface area contributed by atoms with Gasteiger partial charge in [0, 0.05) is 74.1 Å². The van der Waals surface area contributed by atoms with Crippen molar-refractivity contribution in [1.29, 1.82) is 0 Å². The quantitative estimate of drug-likeness (QED) is 0.160. The first kappa shape index (κ1) is 32.7. The zero-order chi connectivity index (χ0) is 37.7. The second-order valence-corrected chi connectivity index (χ2v) is 14.3. The van der Waals surface area contributed by atoms with Crippen molar-refractivity contribution in [3.63, 3.8) is 0 Å². The summed E-state index contributed by atoms with van der Waals surface area (Å²) < 4.78 is 2.38. The van der Waals surface area contributed by atoms with E-state index in [1.165, 1.54) is 27.2 Å². The van der Waals surface area contributed by atoms with Crippen molar-refractivity contribution >= 4 is 43.5 Å². The number of aromatic nitrogens is 5. The Morgan fingerprint density at radius 3 is 1.70 bits per heavy atom. The van der Waals surface area contributed by atoms with Crippen LogP contribution in [0.3, 0.4) is 0 Å². The highest BCUT2D eigenvalue weighted by Crippen LogP contribution is 2.42. The molecule has 0 fully saturated rings. The first-order valence-electron chi connectivity index (χ1n) is 19.1. The van der Waals surface area contributed by atoms with Gasteiger partial charge in [0.15, 0.2) is 0 Å². The Morgan fingerprint density at radius 1 is 0.351 bits per heavy atom. The monoisotopic (exact) mass is 727 g/mol. The van der Waals surface area contributed by atoms with E-state index in [1.807, 2.05) is 36.7 Å². The number of benzene rings is 6. The molecule has 0 aliphatic rings. The van der Waals surface area contributed by atoms with Crippen molar-refractivity contribution in [3.8, 4) is 61.7 Å². The first-order valence-corrected chi connectivity index (χ1v) is 19.1. The largest absolute Gasteiger partial charge is 0.309 e. The summed E-state index contributed by atoms with van der Waals surface area (Å²) in [6.45, 7) is 0. The van der Waals surface area contributed by atoms with Crippen molar-refractivity contribution in [1.82, 2.24) is 24.5 Å². The third-order valence-corrected chi connectivity index (χ3v) is 10.9. The minimum absolute atomic E-state index is 0.867. The number of rotatable bonds is 6. The molecular formula is C52H33N5. The van der Waals surface area contributed by atoms with Crippen LogP contribution in [-0.4, -0.2) is 24.5 Å². The van der Waals surface area contributed by atoms with E-state index in [4.69, 9.17) is 9.97 Å². The van der Waals surface area contributed by atoms with Crippen molar-refractivity contribution < 1.29 is 0 Å². The minimum atomic E-state index is 0.867. The third kappa shape index (κ3) is 5.64. The molecule has 0 unspecified atom stereocenters.